The van der Waals surface area contributed by atoms with Gasteiger partial charge in [0.2, 0.25) is 0 Å². The first-order valence-electron chi connectivity index (χ1n) is 8.07. The number of benzene rings is 1. The lowest BCUT2D eigenvalue weighted by Crippen LogP contribution is -2.48. The van der Waals surface area contributed by atoms with Crippen LogP contribution in [-0.2, 0) is 0 Å². The number of likely N-dealkylation sites (tertiary alicyclic amines) is 1. The third-order valence-corrected chi connectivity index (χ3v) is 5.22. The molecule has 3 heteroatoms. The Labute approximate surface area is 131 Å². The first-order valence-corrected chi connectivity index (χ1v) is 8.87. The normalized spacial score (nSPS) is 25.4. The molecule has 0 aromatic heterocycles. The molecule has 20 heavy (non-hydrogen) atoms. The minimum Gasteiger partial charge on any atom is -0.370 e. The van der Waals surface area contributed by atoms with E-state index in [9.17, 15) is 0 Å². The maximum absolute atomic E-state index is 3.59. The highest BCUT2D eigenvalue weighted by Gasteiger charge is 2.25. The number of halogens is 1. The lowest BCUT2D eigenvalue weighted by atomic mass is 10.0. The van der Waals surface area contributed by atoms with Gasteiger partial charge in [-0.2, -0.15) is 0 Å². The second kappa shape index (κ2) is 6.95. The number of nitrogens with zero attached hydrogens (tertiary/aromatic N) is 2. The number of anilines is 1. The van der Waals surface area contributed by atoms with Crippen LogP contribution in [0, 0.1) is 0 Å². The van der Waals surface area contributed by atoms with Crippen LogP contribution in [0.1, 0.15) is 38.5 Å². The molecule has 0 saturated carbocycles. The van der Waals surface area contributed by atoms with E-state index in [1.54, 1.807) is 0 Å². The zero-order valence-electron chi connectivity index (χ0n) is 12.2. The Kier molecular flexibility index (Phi) is 5.00. The third kappa shape index (κ3) is 3.56. The fraction of sp³-hybridized carbons (Fsp3) is 0.647. The Morgan fingerprint density at radius 3 is 2.50 bits per heavy atom. The number of rotatable bonds is 2. The van der Waals surface area contributed by atoms with Crippen molar-refractivity contribution < 1.29 is 0 Å². The standard InChI is InChI=1S/C17H25BrN2/c18-15-7-5-8-16(13-15)20-12-6-9-17(14-20)19-10-3-1-2-4-11-19/h5,7-8,13,17H,1-4,6,9-12,14H2. The Bertz CT molecular complexity index is 427. The van der Waals surface area contributed by atoms with Crippen molar-refractivity contribution in [2.45, 2.75) is 44.6 Å². The Balaban J connectivity index is 1.66. The van der Waals surface area contributed by atoms with Crippen LogP contribution in [0.3, 0.4) is 0 Å². The Morgan fingerprint density at radius 1 is 0.950 bits per heavy atom. The van der Waals surface area contributed by atoms with Crippen LogP contribution in [0.25, 0.3) is 0 Å². The van der Waals surface area contributed by atoms with E-state index in [-0.39, 0.29) is 0 Å². The molecule has 0 spiro atoms. The van der Waals surface area contributed by atoms with Crippen LogP contribution in [0.5, 0.6) is 0 Å². The van der Waals surface area contributed by atoms with E-state index in [1.807, 2.05) is 0 Å². The number of hydrogen-bond donors (Lipinski definition) is 0. The summed E-state index contributed by atoms with van der Waals surface area (Å²) in [6.07, 6.45) is 8.36. The molecule has 3 rings (SSSR count). The van der Waals surface area contributed by atoms with Crippen LogP contribution >= 0.6 is 15.9 Å². The highest BCUT2D eigenvalue weighted by molar-refractivity contribution is 9.10. The van der Waals surface area contributed by atoms with Crippen molar-refractivity contribution >= 4 is 21.6 Å². The predicted molar refractivity (Wildman–Crippen MR) is 89.4 cm³/mol. The average Bonchev–Trinajstić information content (AvgIpc) is 2.76. The van der Waals surface area contributed by atoms with Crippen molar-refractivity contribution in [3.05, 3.63) is 28.7 Å². The van der Waals surface area contributed by atoms with Gasteiger partial charge in [0, 0.05) is 29.3 Å². The van der Waals surface area contributed by atoms with E-state index in [2.05, 4.69) is 50.0 Å². The number of hydrogen-bond acceptors (Lipinski definition) is 2. The largest absolute Gasteiger partial charge is 0.370 e. The summed E-state index contributed by atoms with van der Waals surface area (Å²) < 4.78 is 1.19. The van der Waals surface area contributed by atoms with Crippen molar-refractivity contribution in [2.75, 3.05) is 31.1 Å². The molecule has 0 bridgehead atoms. The third-order valence-electron chi connectivity index (χ3n) is 4.73. The summed E-state index contributed by atoms with van der Waals surface area (Å²) in [4.78, 5) is 5.33. The fourth-order valence-corrected chi connectivity index (χ4v) is 4.01. The Morgan fingerprint density at radius 2 is 1.75 bits per heavy atom. The first kappa shape index (κ1) is 14.4. The minimum absolute atomic E-state index is 0.765. The van der Waals surface area contributed by atoms with E-state index in [4.69, 9.17) is 0 Å². The van der Waals surface area contributed by atoms with Gasteiger partial charge in [0.25, 0.3) is 0 Å². The molecule has 1 aromatic carbocycles. The monoisotopic (exact) mass is 336 g/mol. The van der Waals surface area contributed by atoms with Gasteiger partial charge in [-0.25, -0.2) is 0 Å². The molecular weight excluding hydrogens is 312 g/mol. The Hall–Kier alpha value is -0.540. The maximum atomic E-state index is 3.59. The van der Waals surface area contributed by atoms with E-state index in [0.717, 1.165) is 6.04 Å². The van der Waals surface area contributed by atoms with Gasteiger partial charge in [0.15, 0.2) is 0 Å². The first-order chi connectivity index (χ1) is 9.83. The molecule has 0 aliphatic carbocycles. The highest BCUT2D eigenvalue weighted by atomic mass is 79.9. The predicted octanol–water partition coefficient (Wildman–Crippen LogP) is 4.29. The highest BCUT2D eigenvalue weighted by Crippen LogP contribution is 2.26. The van der Waals surface area contributed by atoms with E-state index >= 15 is 0 Å². The molecule has 2 nitrogen and oxygen atoms in total. The topological polar surface area (TPSA) is 6.48 Å². The van der Waals surface area contributed by atoms with E-state index < -0.39 is 0 Å². The second-order valence-electron chi connectivity index (χ2n) is 6.17. The van der Waals surface area contributed by atoms with Gasteiger partial charge in [0.05, 0.1) is 0 Å². The maximum Gasteiger partial charge on any atom is 0.0378 e. The summed E-state index contributed by atoms with van der Waals surface area (Å²) in [7, 11) is 0. The summed E-state index contributed by atoms with van der Waals surface area (Å²) >= 11 is 3.59. The molecule has 2 aliphatic rings. The molecular formula is C17H25BrN2. The van der Waals surface area contributed by atoms with Crippen molar-refractivity contribution in [2.24, 2.45) is 0 Å². The average molecular weight is 337 g/mol. The second-order valence-corrected chi connectivity index (χ2v) is 7.09. The number of piperidine rings is 1. The fourth-order valence-electron chi connectivity index (χ4n) is 3.62. The van der Waals surface area contributed by atoms with Gasteiger partial charge in [0.1, 0.15) is 0 Å². The quantitative estimate of drug-likeness (QED) is 0.794. The molecule has 110 valence electrons. The summed E-state index contributed by atoms with van der Waals surface area (Å²) in [6.45, 7) is 5.05. The smallest absolute Gasteiger partial charge is 0.0378 e. The molecule has 2 fully saturated rings. The molecule has 2 aliphatic heterocycles. The lowest BCUT2D eigenvalue weighted by Gasteiger charge is -2.40. The van der Waals surface area contributed by atoms with Gasteiger partial charge in [-0.15, -0.1) is 0 Å². The van der Waals surface area contributed by atoms with Gasteiger partial charge in [-0.3, -0.25) is 4.90 Å². The molecule has 1 unspecified atom stereocenters. The molecule has 1 aromatic rings. The zero-order chi connectivity index (χ0) is 13.8. The van der Waals surface area contributed by atoms with Gasteiger partial charge < -0.3 is 4.90 Å². The summed E-state index contributed by atoms with van der Waals surface area (Å²) in [5.41, 5.74) is 1.37. The molecule has 0 N–H and O–H groups in total. The SMILES string of the molecule is Brc1cccc(N2CCCC(N3CCCCCC3)C2)c1. The van der Waals surface area contributed by atoms with Gasteiger partial charge in [-0.1, -0.05) is 34.8 Å². The molecule has 0 amide bonds. The molecule has 2 saturated heterocycles. The van der Waals surface area contributed by atoms with E-state index in [1.165, 1.54) is 74.9 Å². The van der Waals surface area contributed by atoms with Crippen molar-refractivity contribution in [3.63, 3.8) is 0 Å². The summed E-state index contributed by atoms with van der Waals surface area (Å²) in [5.74, 6) is 0. The molecule has 0 radical (unpaired) electrons. The minimum atomic E-state index is 0.765. The van der Waals surface area contributed by atoms with Crippen molar-refractivity contribution in [1.82, 2.24) is 4.90 Å². The van der Waals surface area contributed by atoms with E-state index in [0.29, 0.717) is 0 Å². The van der Waals surface area contributed by atoms with Crippen molar-refractivity contribution in [3.8, 4) is 0 Å². The summed E-state index contributed by atoms with van der Waals surface area (Å²) in [5, 5.41) is 0. The zero-order valence-corrected chi connectivity index (χ0v) is 13.8. The lowest BCUT2D eigenvalue weighted by molar-refractivity contribution is 0.182. The van der Waals surface area contributed by atoms with Gasteiger partial charge >= 0.3 is 0 Å². The van der Waals surface area contributed by atoms with Gasteiger partial charge in [-0.05, 0) is 57.0 Å². The van der Waals surface area contributed by atoms with Crippen LogP contribution in [0.15, 0.2) is 28.7 Å². The van der Waals surface area contributed by atoms with Crippen LogP contribution in [-0.4, -0.2) is 37.1 Å². The molecule has 2 heterocycles. The molecule has 1 atom stereocenters. The van der Waals surface area contributed by atoms with Crippen LogP contribution in [0.2, 0.25) is 0 Å². The summed E-state index contributed by atoms with van der Waals surface area (Å²) in [6, 6.07) is 9.52. The van der Waals surface area contributed by atoms with Crippen LogP contribution in [0.4, 0.5) is 5.69 Å². The van der Waals surface area contributed by atoms with Crippen LogP contribution < -0.4 is 4.90 Å². The van der Waals surface area contributed by atoms with Crippen molar-refractivity contribution in [1.29, 1.82) is 0 Å².